The summed E-state index contributed by atoms with van der Waals surface area (Å²) >= 11 is 0. The zero-order valence-electron chi connectivity index (χ0n) is 16.7. The van der Waals surface area contributed by atoms with Crippen LogP contribution in [0.5, 0.6) is 5.75 Å². The van der Waals surface area contributed by atoms with Crippen LogP contribution in [-0.2, 0) is 16.1 Å². The fourth-order valence-corrected chi connectivity index (χ4v) is 2.26. The Kier molecular flexibility index (Phi) is 9.91. The van der Waals surface area contributed by atoms with Gasteiger partial charge >= 0.3 is 11.9 Å². The first-order valence-electron chi connectivity index (χ1n) is 9.10. The fourth-order valence-electron chi connectivity index (χ4n) is 2.26. The summed E-state index contributed by atoms with van der Waals surface area (Å²) in [6.07, 6.45) is 1.55. The van der Waals surface area contributed by atoms with E-state index in [1.165, 1.54) is 4.57 Å². The lowest BCUT2D eigenvalue weighted by molar-refractivity contribution is -0.159. The molecule has 0 amide bonds. The van der Waals surface area contributed by atoms with Crippen molar-refractivity contribution in [2.24, 2.45) is 0 Å². The number of carboxylic acids is 2. The summed E-state index contributed by atoms with van der Waals surface area (Å²) in [5.41, 5.74) is 0.573. The van der Waals surface area contributed by atoms with E-state index in [9.17, 15) is 4.79 Å². The number of carbonyl (C=O) groups is 2. The molecule has 0 saturated carbocycles. The Hall–Kier alpha value is -3.38. The van der Waals surface area contributed by atoms with Gasteiger partial charge in [-0.1, -0.05) is 25.7 Å². The van der Waals surface area contributed by atoms with Gasteiger partial charge in [-0.25, -0.2) is 14.6 Å². The third-order valence-electron chi connectivity index (χ3n) is 3.86. The van der Waals surface area contributed by atoms with E-state index in [-0.39, 0.29) is 5.56 Å². The van der Waals surface area contributed by atoms with Gasteiger partial charge in [-0.3, -0.25) is 14.3 Å². The van der Waals surface area contributed by atoms with E-state index in [1.807, 2.05) is 6.92 Å². The molecular formula is C20H25N3O6. The molecule has 0 atom stereocenters. The average Bonchev–Trinajstić information content (AvgIpc) is 2.70. The molecule has 0 fully saturated rings. The number of rotatable bonds is 6. The van der Waals surface area contributed by atoms with Crippen LogP contribution in [-0.4, -0.2) is 62.8 Å². The molecule has 2 N–H and O–H groups in total. The van der Waals surface area contributed by atoms with Crippen molar-refractivity contribution in [1.29, 1.82) is 0 Å². The van der Waals surface area contributed by atoms with Gasteiger partial charge in [0.1, 0.15) is 5.75 Å². The van der Waals surface area contributed by atoms with E-state index in [1.54, 1.807) is 24.5 Å². The molecule has 9 heteroatoms. The maximum absolute atomic E-state index is 12.4. The third-order valence-corrected chi connectivity index (χ3v) is 3.86. The van der Waals surface area contributed by atoms with Gasteiger partial charge in [0.05, 0.1) is 36.9 Å². The van der Waals surface area contributed by atoms with Crippen LogP contribution in [0.3, 0.4) is 0 Å². The van der Waals surface area contributed by atoms with Crippen LogP contribution >= 0.6 is 0 Å². The molecule has 0 spiro atoms. The van der Waals surface area contributed by atoms with Crippen LogP contribution in [0, 0.1) is 11.8 Å². The van der Waals surface area contributed by atoms with Crippen molar-refractivity contribution in [3.63, 3.8) is 0 Å². The van der Waals surface area contributed by atoms with Crippen molar-refractivity contribution < 1.29 is 24.5 Å². The second-order valence-electron chi connectivity index (χ2n) is 5.71. The zero-order valence-corrected chi connectivity index (χ0v) is 16.7. The maximum atomic E-state index is 12.4. The Labute approximate surface area is 168 Å². The predicted molar refractivity (Wildman–Crippen MR) is 108 cm³/mol. The first-order valence-corrected chi connectivity index (χ1v) is 9.10. The lowest BCUT2D eigenvalue weighted by Gasteiger charge is -2.13. The lowest BCUT2D eigenvalue weighted by atomic mass is 10.2. The molecule has 0 aliphatic heterocycles. The highest BCUT2D eigenvalue weighted by Crippen LogP contribution is 2.16. The monoisotopic (exact) mass is 403 g/mol. The maximum Gasteiger partial charge on any atom is 0.414 e. The highest BCUT2D eigenvalue weighted by molar-refractivity contribution is 6.27. The highest BCUT2D eigenvalue weighted by atomic mass is 16.5. The molecule has 9 nitrogen and oxygen atoms in total. The van der Waals surface area contributed by atoms with Gasteiger partial charge in [0.2, 0.25) is 0 Å². The summed E-state index contributed by atoms with van der Waals surface area (Å²) in [7, 11) is 0. The van der Waals surface area contributed by atoms with Gasteiger partial charge in [0.15, 0.2) is 0 Å². The summed E-state index contributed by atoms with van der Waals surface area (Å²) in [4.78, 5) is 37.2. The van der Waals surface area contributed by atoms with Crippen LogP contribution in [0.25, 0.3) is 10.9 Å². The minimum Gasteiger partial charge on any atom is -0.494 e. The van der Waals surface area contributed by atoms with Crippen molar-refractivity contribution in [2.75, 3.05) is 26.2 Å². The summed E-state index contributed by atoms with van der Waals surface area (Å²) in [6, 6.07) is 5.34. The molecule has 0 bridgehead atoms. The number of aromatic nitrogens is 2. The number of carboxylic acid groups (broad SMARTS) is 2. The fraction of sp³-hybridized carbons (Fsp3) is 0.400. The molecule has 0 unspecified atom stereocenters. The number of ether oxygens (including phenoxy) is 1. The minimum atomic E-state index is -1.82. The topological polar surface area (TPSA) is 122 Å². The summed E-state index contributed by atoms with van der Waals surface area (Å²) < 4.78 is 6.97. The number of nitrogens with zero attached hydrogens (tertiary/aromatic N) is 3. The van der Waals surface area contributed by atoms with Crippen molar-refractivity contribution in [3.8, 4) is 17.6 Å². The molecule has 156 valence electrons. The first kappa shape index (κ1) is 23.7. The Morgan fingerprint density at radius 3 is 2.34 bits per heavy atom. The molecule has 1 aromatic carbocycles. The van der Waals surface area contributed by atoms with Crippen molar-refractivity contribution in [3.05, 3.63) is 34.9 Å². The predicted octanol–water partition coefficient (Wildman–Crippen LogP) is 1.30. The molecule has 0 aliphatic carbocycles. The third kappa shape index (κ3) is 7.63. The zero-order chi connectivity index (χ0) is 21.8. The summed E-state index contributed by atoms with van der Waals surface area (Å²) in [5, 5.41) is 15.4. The SMILES string of the molecule is CCOc1ccc2c(=O)n(CC#CCN(CC)CC)cnc2c1.O=C(O)C(=O)O. The van der Waals surface area contributed by atoms with Crippen molar-refractivity contribution in [2.45, 2.75) is 27.3 Å². The normalized spacial score (nSPS) is 9.93. The van der Waals surface area contributed by atoms with Gasteiger partial charge in [0, 0.05) is 6.07 Å². The van der Waals surface area contributed by atoms with Gasteiger partial charge in [-0.2, -0.15) is 0 Å². The lowest BCUT2D eigenvalue weighted by Crippen LogP contribution is -2.23. The molecule has 0 aliphatic rings. The van der Waals surface area contributed by atoms with E-state index in [0.29, 0.717) is 24.1 Å². The molecule has 2 rings (SSSR count). The standard InChI is InChI=1S/C18H23N3O2.C2H2O4/c1-4-20(5-2)11-7-8-12-21-14-19-17-13-15(23-6-3)9-10-16(17)18(21)22;3-1(4)2(5)6/h9-10,13-14H,4-6,11-12H2,1-3H3;(H,3,4)(H,5,6). The van der Waals surface area contributed by atoms with E-state index < -0.39 is 11.9 Å². The number of aliphatic carboxylic acids is 2. The molecule has 2 aromatic rings. The van der Waals surface area contributed by atoms with E-state index >= 15 is 0 Å². The quantitative estimate of drug-likeness (QED) is 0.547. The number of hydrogen-bond acceptors (Lipinski definition) is 6. The molecule has 1 heterocycles. The van der Waals surface area contributed by atoms with E-state index in [0.717, 1.165) is 25.4 Å². The molecular weight excluding hydrogens is 378 g/mol. The number of hydrogen-bond donors (Lipinski definition) is 2. The Balaban J connectivity index is 0.000000612. The first-order chi connectivity index (χ1) is 13.8. The van der Waals surface area contributed by atoms with Crippen LogP contribution in [0.1, 0.15) is 20.8 Å². The second-order valence-corrected chi connectivity index (χ2v) is 5.71. The highest BCUT2D eigenvalue weighted by Gasteiger charge is 2.05. The minimum absolute atomic E-state index is 0.0739. The van der Waals surface area contributed by atoms with E-state index in [4.69, 9.17) is 24.5 Å². The smallest absolute Gasteiger partial charge is 0.414 e. The van der Waals surface area contributed by atoms with Crippen LogP contribution in [0.2, 0.25) is 0 Å². The molecule has 1 aromatic heterocycles. The Bertz CT molecular complexity index is 942. The molecule has 0 saturated heterocycles. The average molecular weight is 403 g/mol. The Morgan fingerprint density at radius 1 is 1.14 bits per heavy atom. The van der Waals surface area contributed by atoms with Gasteiger partial charge in [0.25, 0.3) is 5.56 Å². The largest absolute Gasteiger partial charge is 0.494 e. The number of benzene rings is 1. The second kappa shape index (κ2) is 12.2. The summed E-state index contributed by atoms with van der Waals surface area (Å²) in [5.74, 6) is 3.23. The van der Waals surface area contributed by atoms with Crippen molar-refractivity contribution >= 4 is 22.8 Å². The molecule has 29 heavy (non-hydrogen) atoms. The van der Waals surface area contributed by atoms with Crippen molar-refractivity contribution in [1.82, 2.24) is 14.5 Å². The van der Waals surface area contributed by atoms with Crippen LogP contribution in [0.4, 0.5) is 0 Å². The van der Waals surface area contributed by atoms with E-state index in [2.05, 4.69) is 35.6 Å². The van der Waals surface area contributed by atoms with Gasteiger partial charge in [-0.05, 0) is 32.1 Å². The number of fused-ring (bicyclic) bond motifs is 1. The summed E-state index contributed by atoms with van der Waals surface area (Å²) in [6.45, 7) is 9.77. The van der Waals surface area contributed by atoms with Gasteiger partial charge in [-0.15, -0.1) is 0 Å². The Morgan fingerprint density at radius 2 is 1.79 bits per heavy atom. The molecule has 0 radical (unpaired) electrons. The van der Waals surface area contributed by atoms with Crippen LogP contribution in [0.15, 0.2) is 29.3 Å². The van der Waals surface area contributed by atoms with Crippen LogP contribution < -0.4 is 10.3 Å². The van der Waals surface area contributed by atoms with Gasteiger partial charge < -0.3 is 14.9 Å².